The third-order valence-corrected chi connectivity index (χ3v) is 3.79. The summed E-state index contributed by atoms with van der Waals surface area (Å²) in [6.07, 6.45) is 0.912. The Balaban J connectivity index is 0.00000484. The number of nitrogens with one attached hydrogen (secondary N) is 3. The first kappa shape index (κ1) is 22.3. The second kappa shape index (κ2) is 11.8. The van der Waals surface area contributed by atoms with Gasteiger partial charge in [-0.2, -0.15) is 0 Å². The summed E-state index contributed by atoms with van der Waals surface area (Å²) in [5, 5.41) is 9.88. The van der Waals surface area contributed by atoms with Crippen molar-refractivity contribution in [3.05, 3.63) is 21.9 Å². The van der Waals surface area contributed by atoms with Gasteiger partial charge in [-0.25, -0.2) is 4.99 Å². The van der Waals surface area contributed by atoms with Gasteiger partial charge in [0.2, 0.25) is 5.91 Å². The first-order valence-electron chi connectivity index (χ1n) is 7.28. The van der Waals surface area contributed by atoms with Crippen LogP contribution in [0, 0.1) is 0 Å². The van der Waals surface area contributed by atoms with Crippen molar-refractivity contribution in [2.45, 2.75) is 26.8 Å². The van der Waals surface area contributed by atoms with E-state index in [1.807, 2.05) is 20.9 Å². The Morgan fingerprint density at radius 1 is 1.26 bits per heavy atom. The summed E-state index contributed by atoms with van der Waals surface area (Å²) in [7, 11) is 1.83. The van der Waals surface area contributed by atoms with Crippen LogP contribution in [0.25, 0.3) is 0 Å². The van der Waals surface area contributed by atoms with E-state index in [1.165, 1.54) is 0 Å². The van der Waals surface area contributed by atoms with Gasteiger partial charge in [0.15, 0.2) is 5.96 Å². The maximum atomic E-state index is 11.6. The molecule has 0 atom stereocenters. The Bertz CT molecular complexity index is 533. The fraction of sp³-hybridized carbons (Fsp3) is 0.571. The van der Waals surface area contributed by atoms with Gasteiger partial charge in [-0.1, -0.05) is 30.1 Å². The molecule has 1 aromatic heterocycles. The third-order valence-electron chi connectivity index (χ3n) is 2.95. The van der Waals surface area contributed by atoms with Crippen molar-refractivity contribution < 1.29 is 4.79 Å². The van der Waals surface area contributed by atoms with E-state index in [2.05, 4.69) is 20.9 Å². The van der Waals surface area contributed by atoms with E-state index in [1.54, 1.807) is 10.6 Å². The average Bonchev–Trinajstić information content (AvgIpc) is 2.75. The van der Waals surface area contributed by atoms with Crippen LogP contribution in [-0.2, 0) is 18.4 Å². The van der Waals surface area contributed by atoms with Crippen molar-refractivity contribution in [3.63, 3.8) is 0 Å². The second-order valence-electron chi connectivity index (χ2n) is 4.73. The minimum absolute atomic E-state index is 0. The number of hydrogen-bond acceptors (Lipinski definition) is 2. The number of carbonyl (C=O) groups is 1. The number of nitrogens with zero attached hydrogens (tertiary/aromatic N) is 2. The lowest BCUT2D eigenvalue weighted by atomic mass is 10.4. The van der Waals surface area contributed by atoms with Crippen molar-refractivity contribution >= 4 is 59.0 Å². The second-order valence-corrected chi connectivity index (χ2v) is 5.50. The molecule has 0 spiro atoms. The van der Waals surface area contributed by atoms with E-state index < -0.39 is 0 Å². The Morgan fingerprint density at radius 3 is 2.48 bits per heavy atom. The maximum absolute atomic E-state index is 11.6. The number of halogens is 3. The molecule has 1 amide bonds. The lowest BCUT2D eigenvalue weighted by Gasteiger charge is -2.11. The van der Waals surface area contributed by atoms with Gasteiger partial charge in [-0.15, -0.1) is 24.0 Å². The highest BCUT2D eigenvalue weighted by atomic mass is 127. The van der Waals surface area contributed by atoms with Crippen molar-refractivity contribution in [3.8, 4) is 0 Å². The predicted octanol–water partition coefficient (Wildman–Crippen LogP) is 2.53. The fourth-order valence-corrected chi connectivity index (χ4v) is 2.15. The van der Waals surface area contributed by atoms with Crippen LogP contribution in [0.15, 0.2) is 11.1 Å². The molecule has 0 aliphatic rings. The number of carbonyl (C=O) groups excluding carboxylic acids is 1. The largest absolute Gasteiger partial charge is 0.357 e. The summed E-state index contributed by atoms with van der Waals surface area (Å²) < 4.78 is 1.78. The lowest BCUT2D eigenvalue weighted by molar-refractivity contribution is -0.120. The molecule has 1 heterocycles. The summed E-state index contributed by atoms with van der Waals surface area (Å²) in [6, 6.07) is 1.78. The van der Waals surface area contributed by atoms with Crippen molar-refractivity contribution in [2.24, 2.45) is 12.0 Å². The number of hydrogen-bond donors (Lipinski definition) is 3. The summed E-state index contributed by atoms with van der Waals surface area (Å²) in [5.41, 5.74) is 0.891. The normalized spacial score (nSPS) is 10.9. The molecule has 0 saturated heterocycles. The van der Waals surface area contributed by atoms with E-state index in [4.69, 9.17) is 23.2 Å². The Labute approximate surface area is 164 Å². The zero-order valence-electron chi connectivity index (χ0n) is 13.6. The molecule has 0 radical (unpaired) electrons. The topological polar surface area (TPSA) is 70.5 Å². The van der Waals surface area contributed by atoms with Crippen LogP contribution in [0.5, 0.6) is 0 Å². The maximum Gasteiger partial charge on any atom is 0.239 e. The van der Waals surface area contributed by atoms with E-state index >= 15 is 0 Å². The number of aromatic nitrogens is 1. The molecule has 0 saturated carbocycles. The van der Waals surface area contributed by atoms with Gasteiger partial charge in [-0.3, -0.25) is 4.79 Å². The molecule has 1 rings (SSSR count). The first-order valence-corrected chi connectivity index (χ1v) is 8.03. The number of aliphatic imine (C=N–C) groups is 1. The summed E-state index contributed by atoms with van der Waals surface area (Å²) >= 11 is 12.0. The highest BCUT2D eigenvalue weighted by Crippen LogP contribution is 2.25. The van der Waals surface area contributed by atoms with Gasteiger partial charge in [0.25, 0.3) is 0 Å². The van der Waals surface area contributed by atoms with Gasteiger partial charge in [0.05, 0.1) is 18.1 Å². The smallest absolute Gasteiger partial charge is 0.239 e. The fourth-order valence-electron chi connectivity index (χ4n) is 1.73. The van der Waals surface area contributed by atoms with Crippen LogP contribution in [0.2, 0.25) is 10.2 Å². The van der Waals surface area contributed by atoms with Crippen LogP contribution >= 0.6 is 47.2 Å². The van der Waals surface area contributed by atoms with E-state index in [-0.39, 0.29) is 36.4 Å². The molecule has 23 heavy (non-hydrogen) atoms. The van der Waals surface area contributed by atoms with Crippen LogP contribution in [-0.4, -0.2) is 36.1 Å². The molecule has 0 aliphatic carbocycles. The predicted molar refractivity (Wildman–Crippen MR) is 107 cm³/mol. The molecule has 6 nitrogen and oxygen atoms in total. The molecule has 9 heteroatoms. The summed E-state index contributed by atoms with van der Waals surface area (Å²) in [4.78, 5) is 16.0. The Hall–Kier alpha value is -0.670. The van der Waals surface area contributed by atoms with Crippen molar-refractivity contribution in [2.75, 3.05) is 19.6 Å². The molecule has 0 aliphatic heterocycles. The highest BCUT2D eigenvalue weighted by molar-refractivity contribution is 14.0. The minimum Gasteiger partial charge on any atom is -0.357 e. The van der Waals surface area contributed by atoms with Crippen LogP contribution in [0.1, 0.15) is 26.0 Å². The molecular weight excluding hydrogens is 452 g/mol. The standard InChI is InChI=1S/C14H23Cl2N5O.HI/c1-4-6-18-12(22)9-20-14(17-5-2)19-8-10-7-11(15)13(16)21(10)3;/h7H,4-6,8-9H2,1-3H3,(H,18,22)(H2,17,19,20);1H. The average molecular weight is 476 g/mol. The Kier molecular flexibility index (Phi) is 11.5. The molecule has 0 fully saturated rings. The first-order chi connectivity index (χ1) is 10.5. The quantitative estimate of drug-likeness (QED) is 0.322. The zero-order valence-corrected chi connectivity index (χ0v) is 17.4. The van der Waals surface area contributed by atoms with Gasteiger partial charge < -0.3 is 20.5 Å². The number of amides is 1. The van der Waals surface area contributed by atoms with Gasteiger partial charge in [0, 0.05) is 25.8 Å². The molecule has 1 aromatic rings. The van der Waals surface area contributed by atoms with Crippen LogP contribution < -0.4 is 16.0 Å². The molecule has 0 unspecified atom stereocenters. The van der Waals surface area contributed by atoms with Gasteiger partial charge in [0.1, 0.15) is 5.15 Å². The van der Waals surface area contributed by atoms with Crippen LogP contribution in [0.3, 0.4) is 0 Å². The Morgan fingerprint density at radius 2 is 1.96 bits per heavy atom. The van der Waals surface area contributed by atoms with Crippen LogP contribution in [0.4, 0.5) is 0 Å². The number of rotatable bonds is 7. The molecular formula is C14H24Cl2IN5O. The summed E-state index contributed by atoms with van der Waals surface area (Å²) in [5.74, 6) is 0.514. The van der Waals surface area contributed by atoms with Crippen molar-refractivity contribution in [1.29, 1.82) is 0 Å². The monoisotopic (exact) mass is 475 g/mol. The molecule has 132 valence electrons. The summed E-state index contributed by atoms with van der Waals surface area (Å²) in [6.45, 7) is 5.95. The van der Waals surface area contributed by atoms with Crippen molar-refractivity contribution in [1.82, 2.24) is 20.5 Å². The SMILES string of the molecule is CCCNC(=O)CNC(=NCc1cc(Cl)c(Cl)n1C)NCC.I. The highest BCUT2D eigenvalue weighted by Gasteiger charge is 2.09. The zero-order chi connectivity index (χ0) is 16.5. The molecule has 3 N–H and O–H groups in total. The minimum atomic E-state index is -0.0580. The van der Waals surface area contributed by atoms with Gasteiger partial charge >= 0.3 is 0 Å². The van der Waals surface area contributed by atoms with E-state index in [9.17, 15) is 4.79 Å². The molecule has 0 aromatic carbocycles. The van der Waals surface area contributed by atoms with E-state index in [0.29, 0.717) is 35.8 Å². The number of guanidine groups is 1. The molecule has 0 bridgehead atoms. The third kappa shape index (κ3) is 7.63. The van der Waals surface area contributed by atoms with Gasteiger partial charge in [-0.05, 0) is 19.4 Å². The van der Waals surface area contributed by atoms with E-state index in [0.717, 1.165) is 12.1 Å². The lowest BCUT2D eigenvalue weighted by Crippen LogP contribution is -2.43.